The molecule has 108 valence electrons. The lowest BCUT2D eigenvalue weighted by atomic mass is 10.1. The van der Waals surface area contributed by atoms with Gasteiger partial charge in [0.15, 0.2) is 0 Å². The van der Waals surface area contributed by atoms with Gasteiger partial charge in [-0.2, -0.15) is 0 Å². The van der Waals surface area contributed by atoms with Gasteiger partial charge in [-0.25, -0.2) is 0 Å². The molecule has 0 aliphatic carbocycles. The Morgan fingerprint density at radius 2 is 2.10 bits per heavy atom. The molecule has 0 amide bonds. The highest BCUT2D eigenvalue weighted by atomic mass is 32.1. The van der Waals surface area contributed by atoms with Crippen molar-refractivity contribution in [3.05, 3.63) is 53.0 Å². The number of aromatic nitrogens is 1. The maximum absolute atomic E-state index is 5.44. The van der Waals surface area contributed by atoms with Crippen LogP contribution in [0.2, 0.25) is 0 Å². The number of rotatable bonds is 4. The molecule has 0 bridgehead atoms. The summed E-state index contributed by atoms with van der Waals surface area (Å²) >= 11 is 1.72. The van der Waals surface area contributed by atoms with Crippen LogP contribution >= 0.6 is 11.3 Å². The van der Waals surface area contributed by atoms with Crippen LogP contribution < -0.4 is 10.1 Å². The maximum atomic E-state index is 5.44. The monoisotopic (exact) mass is 298 g/mol. The number of hydrogen-bond acceptors (Lipinski definition) is 4. The van der Waals surface area contributed by atoms with Crippen LogP contribution in [-0.4, -0.2) is 12.1 Å². The number of pyridine rings is 1. The minimum absolute atomic E-state index is 0.167. The van der Waals surface area contributed by atoms with Crippen molar-refractivity contribution in [1.29, 1.82) is 0 Å². The second kappa shape index (κ2) is 5.74. The number of ether oxygens (including phenoxy) is 1. The average Bonchev–Trinajstić information content (AvgIpc) is 2.96. The fourth-order valence-corrected chi connectivity index (χ4v) is 3.12. The molecule has 0 aliphatic heterocycles. The van der Waals surface area contributed by atoms with Gasteiger partial charge in [-0.3, -0.25) is 4.98 Å². The topological polar surface area (TPSA) is 34.1 Å². The first kappa shape index (κ1) is 13.9. The zero-order valence-electron chi connectivity index (χ0n) is 12.4. The van der Waals surface area contributed by atoms with Crippen LogP contribution in [0.15, 0.2) is 41.9 Å². The largest absolute Gasteiger partial charge is 0.495 e. The molecule has 1 atom stereocenters. The number of fused-ring (bicyclic) bond motifs is 1. The molecule has 4 heteroatoms. The van der Waals surface area contributed by atoms with Crippen LogP contribution in [-0.2, 0) is 0 Å². The van der Waals surface area contributed by atoms with Gasteiger partial charge in [-0.05, 0) is 54.6 Å². The van der Waals surface area contributed by atoms with E-state index in [1.54, 1.807) is 18.4 Å². The molecular formula is C17H18N2OS. The molecule has 1 aromatic carbocycles. The number of nitrogens with one attached hydrogen (secondary N) is 1. The fraction of sp³-hybridized carbons (Fsp3) is 0.235. The Morgan fingerprint density at radius 3 is 2.90 bits per heavy atom. The van der Waals surface area contributed by atoms with E-state index in [1.165, 1.54) is 15.8 Å². The number of methoxy groups -OCH3 is 1. The second-order valence-electron chi connectivity index (χ2n) is 5.14. The number of hydrogen-bond donors (Lipinski definition) is 1. The predicted molar refractivity (Wildman–Crippen MR) is 89.4 cm³/mol. The summed E-state index contributed by atoms with van der Waals surface area (Å²) in [7, 11) is 1.70. The van der Waals surface area contributed by atoms with E-state index in [-0.39, 0.29) is 6.04 Å². The summed E-state index contributed by atoms with van der Waals surface area (Å²) in [6.07, 6.45) is 1.94. The van der Waals surface area contributed by atoms with E-state index in [2.05, 4.69) is 47.7 Å². The lowest BCUT2D eigenvalue weighted by Gasteiger charge is -2.18. The molecule has 3 aromatic rings. The Kier molecular flexibility index (Phi) is 3.80. The molecule has 3 nitrogen and oxygen atoms in total. The van der Waals surface area contributed by atoms with Crippen LogP contribution in [0.1, 0.15) is 24.1 Å². The third-order valence-electron chi connectivity index (χ3n) is 3.55. The van der Waals surface area contributed by atoms with Gasteiger partial charge in [-0.1, -0.05) is 6.07 Å². The molecule has 21 heavy (non-hydrogen) atoms. The van der Waals surface area contributed by atoms with Crippen molar-refractivity contribution in [2.45, 2.75) is 19.9 Å². The molecule has 2 aromatic heterocycles. The highest BCUT2D eigenvalue weighted by Crippen LogP contribution is 2.30. The SMILES string of the molecule is COc1cc(C)ccc1NC(C)c1cnc2ccsc2c1. The minimum Gasteiger partial charge on any atom is -0.495 e. The van der Waals surface area contributed by atoms with Crippen molar-refractivity contribution < 1.29 is 4.74 Å². The van der Waals surface area contributed by atoms with Gasteiger partial charge in [0.25, 0.3) is 0 Å². The number of nitrogens with zero attached hydrogens (tertiary/aromatic N) is 1. The second-order valence-corrected chi connectivity index (χ2v) is 6.09. The van der Waals surface area contributed by atoms with Gasteiger partial charge in [0.05, 0.1) is 29.1 Å². The third-order valence-corrected chi connectivity index (χ3v) is 4.41. The standard InChI is InChI=1S/C17H18N2OS/c1-11-4-5-14(16(8-11)20-3)19-12(2)13-9-17-15(18-10-13)6-7-21-17/h4-10,12,19H,1-3H3. The molecule has 0 spiro atoms. The Morgan fingerprint density at radius 1 is 1.24 bits per heavy atom. The highest BCUT2D eigenvalue weighted by molar-refractivity contribution is 7.17. The number of benzene rings is 1. The van der Waals surface area contributed by atoms with E-state index in [9.17, 15) is 0 Å². The van der Waals surface area contributed by atoms with Gasteiger partial charge in [0.1, 0.15) is 5.75 Å². The molecular weight excluding hydrogens is 280 g/mol. The van der Waals surface area contributed by atoms with Crippen LogP contribution in [0.4, 0.5) is 5.69 Å². The summed E-state index contributed by atoms with van der Waals surface area (Å²) in [5.41, 5.74) is 4.42. The van der Waals surface area contributed by atoms with Gasteiger partial charge >= 0.3 is 0 Å². The highest BCUT2D eigenvalue weighted by Gasteiger charge is 2.10. The number of aryl methyl sites for hydroxylation is 1. The summed E-state index contributed by atoms with van der Waals surface area (Å²) < 4.78 is 6.66. The Labute approximate surface area is 128 Å². The van der Waals surface area contributed by atoms with Crippen molar-refractivity contribution in [2.75, 3.05) is 12.4 Å². The van der Waals surface area contributed by atoms with E-state index in [4.69, 9.17) is 4.74 Å². The first-order chi connectivity index (χ1) is 10.2. The predicted octanol–water partition coefficient (Wildman–Crippen LogP) is 4.79. The lowest BCUT2D eigenvalue weighted by molar-refractivity contribution is 0.416. The summed E-state index contributed by atoms with van der Waals surface area (Å²) in [6.45, 7) is 4.19. The molecule has 1 unspecified atom stereocenters. The van der Waals surface area contributed by atoms with Crippen LogP contribution in [0.3, 0.4) is 0 Å². The average molecular weight is 298 g/mol. The molecule has 0 saturated heterocycles. The van der Waals surface area contributed by atoms with E-state index < -0.39 is 0 Å². The van der Waals surface area contributed by atoms with Gasteiger partial charge < -0.3 is 10.1 Å². The molecule has 0 fully saturated rings. The summed E-state index contributed by atoms with van der Waals surface area (Å²) in [4.78, 5) is 4.50. The van der Waals surface area contributed by atoms with E-state index >= 15 is 0 Å². The zero-order valence-corrected chi connectivity index (χ0v) is 13.2. The number of anilines is 1. The quantitative estimate of drug-likeness (QED) is 0.752. The minimum atomic E-state index is 0.167. The summed E-state index contributed by atoms with van der Waals surface area (Å²) in [5, 5.41) is 5.57. The maximum Gasteiger partial charge on any atom is 0.142 e. The van der Waals surface area contributed by atoms with Crippen molar-refractivity contribution in [3.8, 4) is 5.75 Å². The normalized spacial score (nSPS) is 12.3. The summed E-state index contributed by atoms with van der Waals surface area (Å²) in [6, 6.07) is 10.6. The smallest absolute Gasteiger partial charge is 0.142 e. The Balaban J connectivity index is 1.86. The molecule has 1 N–H and O–H groups in total. The van der Waals surface area contributed by atoms with Crippen LogP contribution in [0.5, 0.6) is 5.75 Å². The first-order valence-corrected chi connectivity index (χ1v) is 7.79. The van der Waals surface area contributed by atoms with Crippen LogP contribution in [0.25, 0.3) is 10.2 Å². The van der Waals surface area contributed by atoms with Crippen molar-refractivity contribution in [3.63, 3.8) is 0 Å². The molecule has 3 rings (SSSR count). The Bertz CT molecular complexity index is 766. The molecule has 2 heterocycles. The summed E-state index contributed by atoms with van der Waals surface area (Å²) in [5.74, 6) is 0.868. The van der Waals surface area contributed by atoms with Crippen molar-refractivity contribution >= 4 is 27.2 Å². The van der Waals surface area contributed by atoms with Gasteiger partial charge in [-0.15, -0.1) is 11.3 Å². The molecule has 0 radical (unpaired) electrons. The molecule has 0 saturated carbocycles. The lowest BCUT2D eigenvalue weighted by Crippen LogP contribution is -2.08. The fourth-order valence-electron chi connectivity index (χ4n) is 2.33. The number of thiophene rings is 1. The molecule has 0 aliphatic rings. The first-order valence-electron chi connectivity index (χ1n) is 6.91. The van der Waals surface area contributed by atoms with Crippen LogP contribution in [0, 0.1) is 6.92 Å². The van der Waals surface area contributed by atoms with E-state index in [0.29, 0.717) is 0 Å². The van der Waals surface area contributed by atoms with Crippen molar-refractivity contribution in [2.24, 2.45) is 0 Å². The zero-order chi connectivity index (χ0) is 14.8. The Hall–Kier alpha value is -2.07. The van der Waals surface area contributed by atoms with Gasteiger partial charge in [0, 0.05) is 6.20 Å². The third kappa shape index (κ3) is 2.85. The van der Waals surface area contributed by atoms with Gasteiger partial charge in [0.2, 0.25) is 0 Å². The van der Waals surface area contributed by atoms with Crippen molar-refractivity contribution in [1.82, 2.24) is 4.98 Å². The van der Waals surface area contributed by atoms with E-state index in [0.717, 1.165) is 17.0 Å². The van der Waals surface area contributed by atoms with E-state index in [1.807, 2.05) is 18.3 Å².